The zero-order valence-electron chi connectivity index (χ0n) is 17.4. The Labute approximate surface area is 171 Å². The van der Waals surface area contributed by atoms with Crippen LogP contribution in [0.1, 0.15) is 49.7 Å². The van der Waals surface area contributed by atoms with E-state index in [2.05, 4.69) is 77.9 Å². The first-order valence-electron chi connectivity index (χ1n) is 11.3. The number of piperidine rings is 1. The summed E-state index contributed by atoms with van der Waals surface area (Å²) in [5.41, 5.74) is 3.38. The Kier molecular flexibility index (Phi) is 6.49. The molecule has 2 nitrogen and oxygen atoms in total. The summed E-state index contributed by atoms with van der Waals surface area (Å²) in [5, 5.41) is 3.49. The topological polar surface area (TPSA) is 15.3 Å². The van der Waals surface area contributed by atoms with Crippen molar-refractivity contribution in [2.75, 3.05) is 26.7 Å². The van der Waals surface area contributed by atoms with E-state index in [0.29, 0.717) is 5.41 Å². The average Bonchev–Trinajstić information content (AvgIpc) is 2.76. The third-order valence-electron chi connectivity index (χ3n) is 7.35. The third kappa shape index (κ3) is 4.50. The number of nitrogens with zero attached hydrogens (tertiary/aromatic N) is 1. The zero-order chi connectivity index (χ0) is 19.2. The molecule has 1 saturated carbocycles. The monoisotopic (exact) mass is 376 g/mol. The minimum absolute atomic E-state index is 0.331. The van der Waals surface area contributed by atoms with Crippen LogP contribution in [0.5, 0.6) is 0 Å². The Morgan fingerprint density at radius 1 is 0.857 bits per heavy atom. The quantitative estimate of drug-likeness (QED) is 0.760. The van der Waals surface area contributed by atoms with E-state index in [0.717, 1.165) is 18.5 Å². The van der Waals surface area contributed by atoms with Crippen molar-refractivity contribution in [1.29, 1.82) is 0 Å². The number of hydrogen-bond donors (Lipinski definition) is 1. The lowest BCUT2D eigenvalue weighted by atomic mass is 9.67. The molecule has 150 valence electrons. The maximum absolute atomic E-state index is 3.49. The first-order chi connectivity index (χ1) is 13.8. The van der Waals surface area contributed by atoms with Gasteiger partial charge in [0, 0.05) is 18.0 Å². The van der Waals surface area contributed by atoms with Crippen LogP contribution in [0.4, 0.5) is 0 Å². The average molecular weight is 377 g/mol. The van der Waals surface area contributed by atoms with Crippen molar-refractivity contribution in [1.82, 2.24) is 10.2 Å². The van der Waals surface area contributed by atoms with E-state index in [9.17, 15) is 0 Å². The summed E-state index contributed by atoms with van der Waals surface area (Å²) in [5.74, 6) is 0.870. The van der Waals surface area contributed by atoms with E-state index < -0.39 is 0 Å². The molecule has 1 aliphatic heterocycles. The molecule has 1 heterocycles. The molecule has 0 atom stereocenters. The second kappa shape index (κ2) is 9.24. The van der Waals surface area contributed by atoms with Crippen LogP contribution in [0.15, 0.2) is 60.7 Å². The molecule has 1 aliphatic carbocycles. The standard InChI is InChI=1S/C26H36N2/c1-27-21-26(24-10-6-3-7-11-24)16-12-25(13-17-26)28-18-14-23(15-19-28)20-22-8-4-2-5-9-22/h2-11,23,25,27H,12-21H2,1H3. The van der Waals surface area contributed by atoms with Crippen molar-refractivity contribution in [3.05, 3.63) is 71.8 Å². The van der Waals surface area contributed by atoms with Gasteiger partial charge in [0.2, 0.25) is 0 Å². The SMILES string of the molecule is CNCC1(c2ccccc2)CCC(N2CCC(Cc3ccccc3)CC2)CC1. The smallest absolute Gasteiger partial charge is 0.00959 e. The predicted octanol–water partition coefficient (Wildman–Crippen LogP) is 5.04. The molecule has 2 aromatic rings. The van der Waals surface area contributed by atoms with Gasteiger partial charge in [-0.25, -0.2) is 0 Å². The third-order valence-corrected chi connectivity index (χ3v) is 7.35. The molecule has 1 N–H and O–H groups in total. The van der Waals surface area contributed by atoms with E-state index in [1.165, 1.54) is 69.2 Å². The fourth-order valence-corrected chi connectivity index (χ4v) is 5.69. The van der Waals surface area contributed by atoms with E-state index >= 15 is 0 Å². The lowest BCUT2D eigenvalue weighted by Crippen LogP contribution is -2.48. The van der Waals surface area contributed by atoms with Crippen LogP contribution < -0.4 is 5.32 Å². The summed E-state index contributed by atoms with van der Waals surface area (Å²) in [6.07, 6.45) is 9.31. The van der Waals surface area contributed by atoms with E-state index in [-0.39, 0.29) is 0 Å². The minimum atomic E-state index is 0.331. The molecular formula is C26H36N2. The van der Waals surface area contributed by atoms with Gasteiger partial charge in [-0.15, -0.1) is 0 Å². The minimum Gasteiger partial charge on any atom is -0.319 e. The van der Waals surface area contributed by atoms with Crippen LogP contribution in [0.2, 0.25) is 0 Å². The predicted molar refractivity (Wildman–Crippen MR) is 119 cm³/mol. The molecule has 1 saturated heterocycles. The number of likely N-dealkylation sites (N-methyl/N-ethyl adjacent to an activating group) is 1. The summed E-state index contributed by atoms with van der Waals surface area (Å²) in [6, 6.07) is 23.1. The molecule has 0 amide bonds. The number of hydrogen-bond acceptors (Lipinski definition) is 2. The lowest BCUT2D eigenvalue weighted by molar-refractivity contribution is 0.0861. The van der Waals surface area contributed by atoms with Gasteiger partial charge in [0.15, 0.2) is 0 Å². The number of likely N-dealkylation sites (tertiary alicyclic amines) is 1. The van der Waals surface area contributed by atoms with Gasteiger partial charge in [-0.1, -0.05) is 60.7 Å². The van der Waals surface area contributed by atoms with Crippen LogP contribution in [-0.4, -0.2) is 37.6 Å². The molecule has 0 radical (unpaired) electrons. The first-order valence-corrected chi connectivity index (χ1v) is 11.3. The molecular weight excluding hydrogens is 340 g/mol. The van der Waals surface area contributed by atoms with Crippen molar-refractivity contribution < 1.29 is 0 Å². The van der Waals surface area contributed by atoms with Crippen molar-refractivity contribution in [2.45, 2.75) is 56.4 Å². The van der Waals surface area contributed by atoms with Gasteiger partial charge < -0.3 is 10.2 Å². The largest absolute Gasteiger partial charge is 0.319 e. The van der Waals surface area contributed by atoms with Crippen LogP contribution in [-0.2, 0) is 11.8 Å². The van der Waals surface area contributed by atoms with Gasteiger partial charge in [0.1, 0.15) is 0 Å². The first kappa shape index (κ1) is 19.7. The molecule has 2 heteroatoms. The van der Waals surface area contributed by atoms with Crippen LogP contribution in [0.3, 0.4) is 0 Å². The molecule has 2 aromatic carbocycles. The van der Waals surface area contributed by atoms with Crippen molar-refractivity contribution in [3.63, 3.8) is 0 Å². The fourth-order valence-electron chi connectivity index (χ4n) is 5.69. The Bertz CT molecular complexity index is 696. The van der Waals surface area contributed by atoms with E-state index in [4.69, 9.17) is 0 Å². The number of rotatable bonds is 6. The number of benzene rings is 2. The summed E-state index contributed by atoms with van der Waals surface area (Å²) in [6.45, 7) is 3.70. The summed E-state index contributed by atoms with van der Waals surface area (Å²) < 4.78 is 0. The number of nitrogens with one attached hydrogen (secondary N) is 1. The van der Waals surface area contributed by atoms with Gasteiger partial charge in [-0.05, 0) is 82.1 Å². The second-order valence-corrected chi connectivity index (χ2v) is 9.08. The van der Waals surface area contributed by atoms with E-state index in [1.54, 1.807) is 0 Å². The molecule has 0 spiro atoms. The molecule has 2 aliphatic rings. The second-order valence-electron chi connectivity index (χ2n) is 9.08. The Morgan fingerprint density at radius 3 is 2.07 bits per heavy atom. The van der Waals surface area contributed by atoms with E-state index in [1.807, 2.05) is 0 Å². The zero-order valence-corrected chi connectivity index (χ0v) is 17.4. The highest BCUT2D eigenvalue weighted by Gasteiger charge is 2.38. The Balaban J connectivity index is 1.30. The van der Waals surface area contributed by atoms with Gasteiger partial charge in [-0.3, -0.25) is 0 Å². The van der Waals surface area contributed by atoms with Crippen molar-refractivity contribution in [2.24, 2.45) is 5.92 Å². The van der Waals surface area contributed by atoms with Gasteiger partial charge in [0.05, 0.1) is 0 Å². The van der Waals surface area contributed by atoms with Crippen LogP contribution in [0, 0.1) is 5.92 Å². The molecule has 0 bridgehead atoms. The molecule has 4 rings (SSSR count). The molecule has 0 unspecified atom stereocenters. The Morgan fingerprint density at radius 2 is 1.46 bits per heavy atom. The van der Waals surface area contributed by atoms with Crippen LogP contribution >= 0.6 is 0 Å². The maximum atomic E-state index is 3.49. The molecule has 2 fully saturated rings. The molecule has 28 heavy (non-hydrogen) atoms. The van der Waals surface area contributed by atoms with Gasteiger partial charge >= 0.3 is 0 Å². The van der Waals surface area contributed by atoms with Crippen LogP contribution in [0.25, 0.3) is 0 Å². The summed E-state index contributed by atoms with van der Waals surface area (Å²) in [4.78, 5) is 2.82. The van der Waals surface area contributed by atoms with Gasteiger partial charge in [0.25, 0.3) is 0 Å². The summed E-state index contributed by atoms with van der Waals surface area (Å²) >= 11 is 0. The fraction of sp³-hybridized carbons (Fsp3) is 0.538. The Hall–Kier alpha value is -1.64. The highest BCUT2D eigenvalue weighted by Crippen LogP contribution is 2.41. The van der Waals surface area contributed by atoms with Gasteiger partial charge in [-0.2, -0.15) is 0 Å². The van der Waals surface area contributed by atoms with Crippen molar-refractivity contribution in [3.8, 4) is 0 Å². The maximum Gasteiger partial charge on any atom is 0.00959 e. The van der Waals surface area contributed by atoms with Crippen molar-refractivity contribution >= 4 is 0 Å². The summed E-state index contributed by atoms with van der Waals surface area (Å²) in [7, 11) is 2.11. The lowest BCUT2D eigenvalue weighted by Gasteiger charge is -2.46. The molecule has 0 aromatic heterocycles. The highest BCUT2D eigenvalue weighted by atomic mass is 15.2. The highest BCUT2D eigenvalue weighted by molar-refractivity contribution is 5.27. The normalized spacial score (nSPS) is 27.0.